The van der Waals surface area contributed by atoms with Gasteiger partial charge in [-0.25, -0.2) is 4.79 Å². The number of likely N-dealkylation sites (tertiary alicyclic amines) is 1. The van der Waals surface area contributed by atoms with Gasteiger partial charge in [0.2, 0.25) is 5.91 Å². The Kier molecular flexibility index (Phi) is 7.82. The number of anilines is 1. The molecule has 2 fully saturated rings. The van der Waals surface area contributed by atoms with Crippen molar-refractivity contribution in [2.24, 2.45) is 11.8 Å². The Morgan fingerprint density at radius 2 is 1.86 bits per heavy atom. The average molecular weight is 629 g/mol. The molecule has 0 spiro atoms. The number of carbonyl (C=O) groups excluding carboxylic acids is 3. The number of aromatic amines is 1. The van der Waals surface area contributed by atoms with Gasteiger partial charge in [0, 0.05) is 41.5 Å². The Morgan fingerprint density at radius 1 is 1.16 bits per heavy atom. The molecule has 0 bridgehead atoms. The van der Waals surface area contributed by atoms with Gasteiger partial charge in [-0.1, -0.05) is 41.9 Å². The Hall–Kier alpha value is -3.87. The first-order chi connectivity index (χ1) is 20.1. The van der Waals surface area contributed by atoms with Crippen LogP contribution in [0.15, 0.2) is 67.4 Å². The van der Waals surface area contributed by atoms with Gasteiger partial charge >= 0.3 is 16.4 Å². The van der Waals surface area contributed by atoms with Gasteiger partial charge < -0.3 is 19.9 Å². The molecule has 3 N–H and O–H groups in total. The number of hydrogen-bond acceptors (Lipinski definition) is 6. The number of nitrogens with zero attached hydrogens (tertiary/aromatic N) is 2. The maximum absolute atomic E-state index is 14.1. The van der Waals surface area contributed by atoms with E-state index in [2.05, 4.69) is 16.9 Å². The Labute approximate surface area is 254 Å². The molecule has 1 saturated heterocycles. The van der Waals surface area contributed by atoms with E-state index in [9.17, 15) is 27.4 Å². The number of carbonyl (C=O) groups is 3. The number of benzene rings is 2. The van der Waals surface area contributed by atoms with E-state index in [0.717, 1.165) is 5.56 Å². The molecule has 3 aromatic rings. The predicted molar refractivity (Wildman–Crippen MR) is 162 cm³/mol. The number of halogens is 1. The molecule has 5 rings (SSSR count). The van der Waals surface area contributed by atoms with Gasteiger partial charge in [0.15, 0.2) is 0 Å². The maximum atomic E-state index is 14.1. The van der Waals surface area contributed by atoms with E-state index in [1.54, 1.807) is 69.4 Å². The number of nitrogens with one attached hydrogen (secondary N) is 2. The second-order valence-corrected chi connectivity index (χ2v) is 13.6. The molecule has 2 aromatic carbocycles. The molecule has 0 radical (unpaired) electrons. The fraction of sp³-hybridized carbons (Fsp3) is 0.367. The Bertz CT molecular complexity index is 1700. The summed E-state index contributed by atoms with van der Waals surface area (Å²) in [6.45, 7) is 9.17. The lowest BCUT2D eigenvalue weighted by atomic mass is 9.88. The number of ether oxygens (including phenoxy) is 1. The first-order valence-electron chi connectivity index (χ1n) is 13.7. The summed E-state index contributed by atoms with van der Waals surface area (Å²) in [6, 6.07) is 13.3. The normalized spacial score (nSPS) is 23.6. The first kappa shape index (κ1) is 30.6. The summed E-state index contributed by atoms with van der Waals surface area (Å²) in [6.07, 6.45) is 2.53. The molecule has 4 atom stereocenters. The van der Waals surface area contributed by atoms with E-state index in [0.29, 0.717) is 20.2 Å². The third-order valence-corrected chi connectivity index (χ3v) is 8.91. The van der Waals surface area contributed by atoms with Crippen molar-refractivity contribution in [2.45, 2.75) is 44.2 Å². The molecule has 1 aliphatic carbocycles. The monoisotopic (exact) mass is 628 g/mol. The number of aromatic nitrogens is 1. The molecule has 11 nitrogen and oxygen atoms in total. The van der Waals surface area contributed by atoms with Gasteiger partial charge in [-0.2, -0.15) is 12.7 Å². The molecular formula is C30H33ClN4O7S. The van der Waals surface area contributed by atoms with Crippen molar-refractivity contribution in [1.29, 1.82) is 0 Å². The topological polar surface area (TPSA) is 149 Å². The fourth-order valence-electron chi connectivity index (χ4n) is 5.68. The zero-order valence-corrected chi connectivity index (χ0v) is 25.5. The summed E-state index contributed by atoms with van der Waals surface area (Å²) in [5.41, 5.74) is -1.46. The van der Waals surface area contributed by atoms with E-state index in [-0.39, 0.29) is 25.2 Å². The third kappa shape index (κ3) is 5.99. The zero-order valence-electron chi connectivity index (χ0n) is 23.9. The summed E-state index contributed by atoms with van der Waals surface area (Å²) in [7, 11) is -5.12. The van der Waals surface area contributed by atoms with Crippen molar-refractivity contribution in [2.75, 3.05) is 17.4 Å². The van der Waals surface area contributed by atoms with Crippen molar-refractivity contribution in [1.82, 2.24) is 15.2 Å². The lowest BCUT2D eigenvalue weighted by Gasteiger charge is -2.28. The maximum Gasteiger partial charge on any atom is 0.410 e. The minimum Gasteiger partial charge on any atom is -0.444 e. The molecule has 1 aliphatic heterocycles. The van der Waals surface area contributed by atoms with Crippen LogP contribution >= 0.6 is 11.6 Å². The van der Waals surface area contributed by atoms with Crippen LogP contribution < -0.4 is 9.62 Å². The van der Waals surface area contributed by atoms with E-state index < -0.39 is 57.1 Å². The number of rotatable bonds is 7. The van der Waals surface area contributed by atoms with Crippen molar-refractivity contribution in [3.8, 4) is 0 Å². The van der Waals surface area contributed by atoms with Crippen LogP contribution in [0.3, 0.4) is 0 Å². The Balaban J connectivity index is 1.48. The van der Waals surface area contributed by atoms with Crippen molar-refractivity contribution in [3.63, 3.8) is 0 Å². The first-order valence-corrected chi connectivity index (χ1v) is 15.5. The van der Waals surface area contributed by atoms with Gasteiger partial charge in [0.1, 0.15) is 11.1 Å². The number of fused-ring (bicyclic) bond motifs is 1. The number of amides is 3. The molecular weight excluding hydrogens is 596 g/mol. The van der Waals surface area contributed by atoms with Gasteiger partial charge in [-0.15, -0.1) is 6.58 Å². The van der Waals surface area contributed by atoms with Crippen molar-refractivity contribution < 1.29 is 32.1 Å². The molecule has 2 aliphatic rings. The van der Waals surface area contributed by atoms with Crippen LogP contribution in [0.25, 0.3) is 10.9 Å². The quantitative estimate of drug-likeness (QED) is 0.254. The number of hydrogen-bond donors (Lipinski definition) is 3. The molecule has 1 saturated carbocycles. The predicted octanol–water partition coefficient (Wildman–Crippen LogP) is 4.67. The SMILES string of the molecule is C=C[C@@H]1C[C@]1(NC(=O)[C@H]1CN(C(=O)OC(C)(C)C)C[C@@H]1c1ccc(Cl)cc1)C(=O)N(c1cccc2cc[nH]c12)S(=O)(=O)O. The minimum absolute atomic E-state index is 0.000855. The lowest BCUT2D eigenvalue weighted by Crippen LogP contribution is -2.55. The van der Waals surface area contributed by atoms with Crippen molar-refractivity contribution in [3.05, 3.63) is 78.0 Å². The molecule has 2 heterocycles. The van der Waals surface area contributed by atoms with E-state index in [4.69, 9.17) is 16.3 Å². The van der Waals surface area contributed by atoms with Crippen molar-refractivity contribution >= 4 is 56.4 Å². The van der Waals surface area contributed by atoms with Crippen LogP contribution in [-0.4, -0.2) is 65.0 Å². The number of para-hydroxylation sites is 1. The van der Waals surface area contributed by atoms with E-state index in [1.165, 1.54) is 17.0 Å². The third-order valence-electron chi connectivity index (χ3n) is 7.83. The Morgan fingerprint density at radius 3 is 2.47 bits per heavy atom. The smallest absolute Gasteiger partial charge is 0.410 e. The van der Waals surface area contributed by atoms with E-state index in [1.807, 2.05) is 0 Å². The zero-order chi connectivity index (χ0) is 31.3. The molecule has 0 unspecified atom stereocenters. The van der Waals surface area contributed by atoms with Gasteiger partial charge in [0.05, 0.1) is 17.1 Å². The molecule has 13 heteroatoms. The highest BCUT2D eigenvalue weighted by atomic mass is 35.5. The second-order valence-electron chi connectivity index (χ2n) is 11.9. The van der Waals surface area contributed by atoms with E-state index >= 15 is 0 Å². The van der Waals surface area contributed by atoms with Crippen LogP contribution in [0.1, 0.15) is 38.7 Å². The molecule has 228 valence electrons. The summed E-state index contributed by atoms with van der Waals surface area (Å²) in [5.74, 6) is -3.47. The van der Waals surface area contributed by atoms with Crippen LogP contribution in [0.4, 0.5) is 10.5 Å². The highest BCUT2D eigenvalue weighted by molar-refractivity contribution is 7.88. The van der Waals surface area contributed by atoms with Crippen LogP contribution in [0.5, 0.6) is 0 Å². The van der Waals surface area contributed by atoms with Crippen LogP contribution in [-0.2, 0) is 24.6 Å². The average Bonchev–Trinajstić information content (AvgIpc) is 3.24. The fourth-order valence-corrected chi connectivity index (χ4v) is 6.58. The molecule has 3 amide bonds. The van der Waals surface area contributed by atoms with Gasteiger partial charge in [0.25, 0.3) is 5.91 Å². The largest absolute Gasteiger partial charge is 0.444 e. The van der Waals surface area contributed by atoms with Gasteiger partial charge in [-0.3, -0.25) is 14.1 Å². The summed E-state index contributed by atoms with van der Waals surface area (Å²) in [5, 5.41) is 3.92. The number of H-pyrrole nitrogens is 1. The highest BCUT2D eigenvalue weighted by Crippen LogP contribution is 2.48. The summed E-state index contributed by atoms with van der Waals surface area (Å²) in [4.78, 5) is 45.4. The van der Waals surface area contributed by atoms with Gasteiger partial charge in [-0.05, 0) is 57.0 Å². The minimum atomic E-state index is -5.12. The summed E-state index contributed by atoms with van der Waals surface area (Å²) >= 11 is 6.09. The lowest BCUT2D eigenvalue weighted by molar-refractivity contribution is -0.130. The second kappa shape index (κ2) is 11.0. The van der Waals surface area contributed by atoms with Crippen LogP contribution in [0.2, 0.25) is 5.02 Å². The molecule has 1 aromatic heterocycles. The highest BCUT2D eigenvalue weighted by Gasteiger charge is 2.63. The van der Waals surface area contributed by atoms with Crippen LogP contribution in [0, 0.1) is 11.8 Å². The molecule has 43 heavy (non-hydrogen) atoms. The standard InChI is InChI=1S/C30H33ClN4O7S/c1-5-20-15-30(20,27(37)35(43(39,40)41)24-8-6-7-19-13-14-32-25(19)24)33-26(36)23-17-34(28(38)42-29(2,3)4)16-22(23)18-9-11-21(31)12-10-18/h5-14,20,22-23,32H,1,15-17H2,2-4H3,(H,33,36)(H,39,40,41)/t20-,22-,23+,30-/m1/s1. The summed E-state index contributed by atoms with van der Waals surface area (Å²) < 4.78 is 41.5.